The fourth-order valence-corrected chi connectivity index (χ4v) is 2.62. The first kappa shape index (κ1) is 13.8. The van der Waals surface area contributed by atoms with Gasteiger partial charge in [-0.2, -0.15) is 0 Å². The molecule has 0 aliphatic heterocycles. The Hall–Kier alpha value is -1.62. The van der Waals surface area contributed by atoms with Crippen LogP contribution in [0.4, 0.5) is 5.82 Å². The summed E-state index contributed by atoms with van der Waals surface area (Å²) in [5.41, 5.74) is 3.07. The molecule has 1 fully saturated rings. The molecule has 3 N–H and O–H groups in total. The first-order chi connectivity index (χ1) is 9.22. The van der Waals surface area contributed by atoms with Crippen molar-refractivity contribution in [2.24, 2.45) is 5.84 Å². The number of amides is 1. The van der Waals surface area contributed by atoms with Crippen molar-refractivity contribution in [2.75, 3.05) is 12.5 Å². The molecule has 1 aromatic heterocycles. The second kappa shape index (κ2) is 6.52. The fraction of sp³-hybridized carbons (Fsp3) is 0.571. The number of hydrazine groups is 1. The van der Waals surface area contributed by atoms with Crippen LogP contribution in [0.1, 0.15) is 48.9 Å². The van der Waals surface area contributed by atoms with Crippen LogP contribution in [0.3, 0.4) is 0 Å². The molecule has 1 aliphatic carbocycles. The molecule has 0 aromatic carbocycles. The number of nitrogen functional groups attached to an aromatic ring is 1. The number of carbonyl (C=O) groups is 1. The summed E-state index contributed by atoms with van der Waals surface area (Å²) in [6.45, 7) is 0. The normalized spacial score (nSPS) is 16.7. The van der Waals surface area contributed by atoms with E-state index < -0.39 is 0 Å². The molecule has 5 nitrogen and oxygen atoms in total. The molecule has 2 rings (SSSR count). The van der Waals surface area contributed by atoms with Gasteiger partial charge in [-0.3, -0.25) is 4.79 Å². The van der Waals surface area contributed by atoms with E-state index in [2.05, 4.69) is 10.4 Å². The molecule has 1 amide bonds. The van der Waals surface area contributed by atoms with E-state index in [9.17, 15) is 4.79 Å². The molecule has 104 valence electrons. The van der Waals surface area contributed by atoms with Gasteiger partial charge in [0.25, 0.3) is 5.91 Å². The Balaban J connectivity index is 2.04. The summed E-state index contributed by atoms with van der Waals surface area (Å²) < 4.78 is 0. The zero-order valence-corrected chi connectivity index (χ0v) is 11.4. The van der Waals surface area contributed by atoms with Crippen LogP contribution in [-0.4, -0.2) is 28.9 Å². The minimum Gasteiger partial charge on any atom is -0.339 e. The molecule has 0 radical (unpaired) electrons. The molecule has 19 heavy (non-hydrogen) atoms. The van der Waals surface area contributed by atoms with Crippen molar-refractivity contribution < 1.29 is 4.79 Å². The maximum absolute atomic E-state index is 12.4. The maximum atomic E-state index is 12.4. The van der Waals surface area contributed by atoms with Crippen LogP contribution in [-0.2, 0) is 0 Å². The highest BCUT2D eigenvalue weighted by molar-refractivity contribution is 5.94. The van der Waals surface area contributed by atoms with Gasteiger partial charge in [-0.15, -0.1) is 0 Å². The van der Waals surface area contributed by atoms with E-state index in [1.807, 2.05) is 11.9 Å². The average Bonchev–Trinajstić information content (AvgIpc) is 2.75. The van der Waals surface area contributed by atoms with Crippen LogP contribution in [0.2, 0.25) is 0 Å². The van der Waals surface area contributed by atoms with Gasteiger partial charge in [0.1, 0.15) is 5.82 Å². The Morgan fingerprint density at radius 3 is 2.53 bits per heavy atom. The molecular formula is C14H22N4O. The number of carbonyl (C=O) groups excluding carboxylic acids is 1. The van der Waals surface area contributed by atoms with Gasteiger partial charge < -0.3 is 10.3 Å². The molecule has 5 heteroatoms. The van der Waals surface area contributed by atoms with Crippen LogP contribution in [0.5, 0.6) is 0 Å². The van der Waals surface area contributed by atoms with Crippen LogP contribution in [0.15, 0.2) is 18.3 Å². The molecule has 1 heterocycles. The van der Waals surface area contributed by atoms with Crippen LogP contribution >= 0.6 is 0 Å². The first-order valence-electron chi connectivity index (χ1n) is 6.92. The topological polar surface area (TPSA) is 71.2 Å². The summed E-state index contributed by atoms with van der Waals surface area (Å²) >= 11 is 0. The lowest BCUT2D eigenvalue weighted by Crippen LogP contribution is -2.36. The Kier molecular flexibility index (Phi) is 4.74. The predicted octanol–water partition coefficient (Wildman–Crippen LogP) is 2.16. The van der Waals surface area contributed by atoms with E-state index in [4.69, 9.17) is 5.84 Å². The van der Waals surface area contributed by atoms with Crippen LogP contribution in [0.25, 0.3) is 0 Å². The highest BCUT2D eigenvalue weighted by Crippen LogP contribution is 2.22. The third-order valence-electron chi connectivity index (χ3n) is 3.85. The molecule has 0 unspecified atom stereocenters. The molecule has 0 atom stereocenters. The van der Waals surface area contributed by atoms with Crippen LogP contribution < -0.4 is 11.3 Å². The quantitative estimate of drug-likeness (QED) is 0.497. The van der Waals surface area contributed by atoms with Crippen molar-refractivity contribution in [3.8, 4) is 0 Å². The first-order valence-corrected chi connectivity index (χ1v) is 6.92. The number of anilines is 1. The van der Waals surface area contributed by atoms with E-state index in [0.717, 1.165) is 12.8 Å². The lowest BCUT2D eigenvalue weighted by molar-refractivity contribution is 0.0717. The van der Waals surface area contributed by atoms with Gasteiger partial charge in [-0.25, -0.2) is 10.8 Å². The summed E-state index contributed by atoms with van der Waals surface area (Å²) in [4.78, 5) is 18.3. The number of aromatic nitrogens is 1. The van der Waals surface area contributed by atoms with Gasteiger partial charge in [0, 0.05) is 19.3 Å². The summed E-state index contributed by atoms with van der Waals surface area (Å²) in [5, 5.41) is 0. The number of hydrogen-bond donors (Lipinski definition) is 2. The second-order valence-electron chi connectivity index (χ2n) is 5.14. The number of nitrogens with two attached hydrogens (primary N) is 1. The Morgan fingerprint density at radius 2 is 2.00 bits per heavy atom. The number of nitrogens with zero attached hydrogens (tertiary/aromatic N) is 2. The molecule has 0 spiro atoms. The van der Waals surface area contributed by atoms with E-state index in [-0.39, 0.29) is 5.91 Å². The van der Waals surface area contributed by atoms with E-state index in [0.29, 0.717) is 17.4 Å². The average molecular weight is 262 g/mol. The van der Waals surface area contributed by atoms with E-state index in [1.54, 1.807) is 18.3 Å². The number of pyridine rings is 1. The zero-order valence-electron chi connectivity index (χ0n) is 11.4. The highest BCUT2D eigenvalue weighted by atomic mass is 16.2. The Morgan fingerprint density at radius 1 is 1.32 bits per heavy atom. The molecule has 1 aliphatic rings. The van der Waals surface area contributed by atoms with Crippen molar-refractivity contribution in [2.45, 2.75) is 44.6 Å². The Labute approximate surface area is 114 Å². The molecule has 1 saturated carbocycles. The minimum atomic E-state index is 0.0444. The summed E-state index contributed by atoms with van der Waals surface area (Å²) in [6.07, 6.45) is 8.81. The predicted molar refractivity (Wildman–Crippen MR) is 75.6 cm³/mol. The minimum absolute atomic E-state index is 0.0444. The molecule has 0 saturated heterocycles. The third kappa shape index (κ3) is 3.44. The summed E-state index contributed by atoms with van der Waals surface area (Å²) in [5.74, 6) is 5.87. The van der Waals surface area contributed by atoms with Gasteiger partial charge in [-0.1, -0.05) is 25.7 Å². The zero-order chi connectivity index (χ0) is 13.7. The third-order valence-corrected chi connectivity index (χ3v) is 3.85. The SMILES string of the molecule is CN(C(=O)c1ccc(NN)nc1)C1CCCCCC1. The van der Waals surface area contributed by atoms with Crippen LogP contribution in [0, 0.1) is 0 Å². The second-order valence-corrected chi connectivity index (χ2v) is 5.14. The lowest BCUT2D eigenvalue weighted by Gasteiger charge is -2.27. The lowest BCUT2D eigenvalue weighted by atomic mass is 10.1. The van der Waals surface area contributed by atoms with Crippen molar-refractivity contribution in [1.29, 1.82) is 0 Å². The molecule has 1 aromatic rings. The van der Waals surface area contributed by atoms with Gasteiger partial charge >= 0.3 is 0 Å². The van der Waals surface area contributed by atoms with E-state index >= 15 is 0 Å². The largest absolute Gasteiger partial charge is 0.339 e. The summed E-state index contributed by atoms with van der Waals surface area (Å²) in [6, 6.07) is 3.84. The molecular weight excluding hydrogens is 240 g/mol. The molecule has 0 bridgehead atoms. The Bertz CT molecular complexity index is 410. The van der Waals surface area contributed by atoms with Gasteiger partial charge in [0.05, 0.1) is 5.56 Å². The maximum Gasteiger partial charge on any atom is 0.255 e. The fourth-order valence-electron chi connectivity index (χ4n) is 2.62. The van der Waals surface area contributed by atoms with Gasteiger partial charge in [-0.05, 0) is 25.0 Å². The van der Waals surface area contributed by atoms with Crippen molar-refractivity contribution in [3.63, 3.8) is 0 Å². The number of hydrogen-bond acceptors (Lipinski definition) is 4. The van der Waals surface area contributed by atoms with Crippen molar-refractivity contribution in [3.05, 3.63) is 23.9 Å². The highest BCUT2D eigenvalue weighted by Gasteiger charge is 2.22. The van der Waals surface area contributed by atoms with E-state index in [1.165, 1.54) is 25.7 Å². The smallest absolute Gasteiger partial charge is 0.255 e. The monoisotopic (exact) mass is 262 g/mol. The standard InChI is InChI=1S/C14H22N4O/c1-18(12-6-4-2-3-5-7-12)14(19)11-8-9-13(17-15)16-10-11/h8-10,12H,2-7,15H2,1H3,(H,16,17). The number of nitrogens with one attached hydrogen (secondary N) is 1. The van der Waals surface area contributed by atoms with Crippen molar-refractivity contribution in [1.82, 2.24) is 9.88 Å². The van der Waals surface area contributed by atoms with Crippen molar-refractivity contribution >= 4 is 11.7 Å². The summed E-state index contributed by atoms with van der Waals surface area (Å²) in [7, 11) is 1.90. The number of rotatable bonds is 3. The van der Waals surface area contributed by atoms with Gasteiger partial charge in [0.15, 0.2) is 0 Å². The van der Waals surface area contributed by atoms with Gasteiger partial charge in [0.2, 0.25) is 0 Å².